The lowest BCUT2D eigenvalue weighted by Crippen LogP contribution is -2.44. The van der Waals surface area contributed by atoms with Gasteiger partial charge >= 0.3 is 0 Å². The number of ether oxygens (including phenoxy) is 4. The summed E-state index contributed by atoms with van der Waals surface area (Å²) < 4.78 is 24.4. The number of anilines is 2. The Labute approximate surface area is 269 Å². The van der Waals surface area contributed by atoms with E-state index in [2.05, 4.69) is 15.2 Å². The fraction of sp³-hybridized carbons (Fsp3) is 0.303. The molecular weight excluding hydrogens is 617 g/mol. The lowest BCUT2D eigenvalue weighted by molar-refractivity contribution is -0.114. The molecule has 12 heteroatoms. The Hall–Kier alpha value is -4.25. The number of imidazole rings is 1. The lowest BCUT2D eigenvalue weighted by atomic mass is 9.85. The maximum absolute atomic E-state index is 12.3. The zero-order valence-electron chi connectivity index (χ0n) is 25.2. The highest BCUT2D eigenvalue weighted by molar-refractivity contribution is 6.41. The van der Waals surface area contributed by atoms with Crippen LogP contribution in [0.1, 0.15) is 13.3 Å². The molecule has 45 heavy (non-hydrogen) atoms. The number of nitrogens with zero attached hydrogens (tertiary/aromatic N) is 4. The average Bonchev–Trinajstić information content (AvgIpc) is 3.70. The van der Waals surface area contributed by atoms with E-state index >= 15 is 0 Å². The molecule has 2 saturated heterocycles. The first-order chi connectivity index (χ1) is 21.8. The number of methoxy groups -OCH3 is 3. The van der Waals surface area contributed by atoms with Crippen molar-refractivity contribution in [2.75, 3.05) is 57.8 Å². The first kappa shape index (κ1) is 29.5. The molecule has 0 radical (unpaired) electrons. The van der Waals surface area contributed by atoms with Gasteiger partial charge < -0.3 is 29.2 Å². The molecule has 0 aliphatic carbocycles. The van der Waals surface area contributed by atoms with E-state index in [-0.39, 0.29) is 11.3 Å². The minimum Gasteiger partial charge on any atom is -0.496 e. The van der Waals surface area contributed by atoms with Crippen molar-refractivity contribution in [2.24, 2.45) is 5.41 Å². The van der Waals surface area contributed by atoms with Crippen LogP contribution in [-0.2, 0) is 9.53 Å². The number of amides is 1. The molecule has 0 bridgehead atoms. The highest BCUT2D eigenvalue weighted by Crippen LogP contribution is 2.48. The molecule has 1 N–H and O–H groups in total. The van der Waals surface area contributed by atoms with Crippen LogP contribution in [0.15, 0.2) is 48.9 Å². The molecule has 1 spiro atoms. The Morgan fingerprint density at radius 1 is 0.956 bits per heavy atom. The molecule has 2 aromatic carbocycles. The van der Waals surface area contributed by atoms with Crippen LogP contribution in [0.5, 0.6) is 17.2 Å². The SMILES string of the molecule is COc1cc(N2CCC3(COC3)C2)c(NC(C)=O)cc1-c1cc2c(cn1)cc(-c1c(Cl)c(OC)cc(OC)c1Cl)c1nccn12. The maximum atomic E-state index is 12.3. The summed E-state index contributed by atoms with van der Waals surface area (Å²) in [7, 11) is 4.72. The lowest BCUT2D eigenvalue weighted by Gasteiger charge is -2.38. The fourth-order valence-corrected chi connectivity index (χ4v) is 7.11. The Morgan fingerprint density at radius 3 is 2.31 bits per heavy atom. The number of rotatable bonds is 7. The van der Waals surface area contributed by atoms with Crippen LogP contribution in [0.3, 0.4) is 0 Å². The van der Waals surface area contributed by atoms with Crippen molar-refractivity contribution in [2.45, 2.75) is 13.3 Å². The predicted octanol–water partition coefficient (Wildman–Crippen LogP) is 6.73. The molecule has 1 amide bonds. The second kappa shape index (κ2) is 11.3. The smallest absolute Gasteiger partial charge is 0.221 e. The number of nitrogens with one attached hydrogen (secondary N) is 1. The largest absolute Gasteiger partial charge is 0.496 e. The monoisotopic (exact) mass is 647 g/mol. The minimum absolute atomic E-state index is 0.154. The van der Waals surface area contributed by atoms with E-state index in [1.54, 1.807) is 39.8 Å². The molecular formula is C33H31Cl2N5O5. The number of pyridine rings is 2. The minimum atomic E-state index is -0.154. The summed E-state index contributed by atoms with van der Waals surface area (Å²) in [6, 6.07) is 9.52. The molecule has 5 aromatic rings. The number of halogens is 2. The number of hydrogen-bond acceptors (Lipinski definition) is 8. The zero-order chi connectivity index (χ0) is 31.5. The Kier molecular flexibility index (Phi) is 7.38. The third-order valence-electron chi connectivity index (χ3n) is 8.70. The van der Waals surface area contributed by atoms with Gasteiger partial charge in [-0.15, -0.1) is 0 Å². The second-order valence-corrected chi connectivity index (χ2v) is 12.3. The first-order valence-corrected chi connectivity index (χ1v) is 15.2. The third-order valence-corrected chi connectivity index (χ3v) is 9.45. The molecule has 2 aliphatic rings. The van der Waals surface area contributed by atoms with Crippen LogP contribution in [0, 0.1) is 5.41 Å². The third kappa shape index (κ3) is 4.88. The standard InChI is InChI=1S/C33H31Cl2N5O5/c1-18(41)38-23-10-20(26(42-2)12-25(23)39-7-5-33(15-39)16-45-17-33)22-11-24-19(14-37-22)9-21(32-36-6-8-40(24)32)29-30(34)27(43-3)13-28(44-4)31(29)35/h6,8-14H,5,7,15-17H2,1-4H3,(H,38,41). The van der Waals surface area contributed by atoms with Crippen molar-refractivity contribution in [3.8, 4) is 39.6 Å². The quantitative estimate of drug-likeness (QED) is 0.207. The highest BCUT2D eigenvalue weighted by Gasteiger charge is 2.45. The topological polar surface area (TPSA) is 99.5 Å². The Bertz CT molecular complexity index is 1960. The fourth-order valence-electron chi connectivity index (χ4n) is 6.40. The van der Waals surface area contributed by atoms with Crippen molar-refractivity contribution in [3.63, 3.8) is 0 Å². The molecule has 2 fully saturated rings. The Balaban J connectivity index is 1.37. The van der Waals surface area contributed by atoms with Gasteiger partial charge in [-0.1, -0.05) is 23.2 Å². The number of carbonyl (C=O) groups excluding carboxylic acids is 1. The number of benzene rings is 2. The Morgan fingerprint density at radius 2 is 1.69 bits per heavy atom. The van der Waals surface area contributed by atoms with Crippen molar-refractivity contribution >= 4 is 57.0 Å². The molecule has 10 nitrogen and oxygen atoms in total. The van der Waals surface area contributed by atoms with Gasteiger partial charge in [0.1, 0.15) is 22.9 Å². The van der Waals surface area contributed by atoms with E-state index in [0.717, 1.165) is 54.9 Å². The van der Waals surface area contributed by atoms with Gasteiger partial charge in [0.25, 0.3) is 0 Å². The summed E-state index contributed by atoms with van der Waals surface area (Å²) in [4.78, 5) is 24.1. The van der Waals surface area contributed by atoms with Crippen LogP contribution < -0.4 is 24.4 Å². The van der Waals surface area contributed by atoms with Crippen molar-refractivity contribution in [1.29, 1.82) is 0 Å². The zero-order valence-corrected chi connectivity index (χ0v) is 26.8. The summed E-state index contributed by atoms with van der Waals surface area (Å²) in [6.45, 7) is 4.79. The number of fused-ring (bicyclic) bond motifs is 3. The molecule has 0 unspecified atom stereocenters. The van der Waals surface area contributed by atoms with Crippen LogP contribution in [0.25, 0.3) is 38.9 Å². The highest BCUT2D eigenvalue weighted by atomic mass is 35.5. The molecule has 0 saturated carbocycles. The number of hydrogen-bond donors (Lipinski definition) is 1. The predicted molar refractivity (Wildman–Crippen MR) is 175 cm³/mol. The van der Waals surface area contributed by atoms with Gasteiger partial charge in [0, 0.05) is 78.2 Å². The normalized spacial score (nSPS) is 15.5. The van der Waals surface area contributed by atoms with Crippen LogP contribution in [-0.4, -0.2) is 67.9 Å². The van der Waals surface area contributed by atoms with E-state index in [0.29, 0.717) is 55.4 Å². The van der Waals surface area contributed by atoms with Gasteiger partial charge in [-0.3, -0.25) is 14.2 Å². The van der Waals surface area contributed by atoms with E-state index in [4.69, 9.17) is 47.1 Å². The van der Waals surface area contributed by atoms with E-state index < -0.39 is 0 Å². The molecule has 3 aromatic heterocycles. The second-order valence-electron chi connectivity index (χ2n) is 11.5. The van der Waals surface area contributed by atoms with Crippen molar-refractivity contribution < 1.29 is 23.7 Å². The number of aromatic nitrogens is 3. The van der Waals surface area contributed by atoms with Crippen molar-refractivity contribution in [1.82, 2.24) is 14.4 Å². The van der Waals surface area contributed by atoms with Gasteiger partial charge in [-0.2, -0.15) is 0 Å². The summed E-state index contributed by atoms with van der Waals surface area (Å²) >= 11 is 13.6. The van der Waals surface area contributed by atoms with Crippen LogP contribution in [0.4, 0.5) is 11.4 Å². The van der Waals surface area contributed by atoms with Gasteiger partial charge in [0.05, 0.1) is 67.2 Å². The van der Waals surface area contributed by atoms with Crippen LogP contribution in [0.2, 0.25) is 10.0 Å². The summed E-state index contributed by atoms with van der Waals surface area (Å²) in [5, 5.41) is 4.56. The van der Waals surface area contributed by atoms with E-state index in [1.807, 2.05) is 34.9 Å². The van der Waals surface area contributed by atoms with Crippen LogP contribution >= 0.6 is 23.2 Å². The van der Waals surface area contributed by atoms with Gasteiger partial charge in [-0.05, 0) is 24.6 Å². The van der Waals surface area contributed by atoms with E-state index in [9.17, 15) is 4.79 Å². The summed E-state index contributed by atoms with van der Waals surface area (Å²) in [6.07, 6.45) is 6.43. The molecule has 7 rings (SSSR count). The summed E-state index contributed by atoms with van der Waals surface area (Å²) in [5.74, 6) is 1.36. The summed E-state index contributed by atoms with van der Waals surface area (Å²) in [5.41, 5.74) is 5.96. The maximum Gasteiger partial charge on any atom is 0.221 e. The number of carbonyl (C=O) groups is 1. The first-order valence-electron chi connectivity index (χ1n) is 14.4. The van der Waals surface area contributed by atoms with E-state index in [1.165, 1.54) is 6.92 Å². The average molecular weight is 649 g/mol. The van der Waals surface area contributed by atoms with Crippen molar-refractivity contribution in [3.05, 3.63) is 59.0 Å². The van der Waals surface area contributed by atoms with Gasteiger partial charge in [-0.25, -0.2) is 4.98 Å². The van der Waals surface area contributed by atoms with Gasteiger partial charge in [0.2, 0.25) is 5.91 Å². The molecule has 0 atom stereocenters. The molecule has 232 valence electrons. The molecule has 2 aliphatic heterocycles. The van der Waals surface area contributed by atoms with Gasteiger partial charge in [0.15, 0.2) is 0 Å². The molecule has 5 heterocycles.